The number of nitrogens with one attached hydrogen (secondary N) is 3. The fourth-order valence-electron chi connectivity index (χ4n) is 2.13. The van der Waals surface area contributed by atoms with Crippen LogP contribution in [-0.2, 0) is 14.3 Å². The Labute approximate surface area is 145 Å². The summed E-state index contributed by atoms with van der Waals surface area (Å²) in [7, 11) is 0. The van der Waals surface area contributed by atoms with Gasteiger partial charge in [-0.05, 0) is 40.2 Å². The smallest absolute Gasteiger partial charge is 0.355 e. The molecule has 25 heavy (non-hydrogen) atoms. The first-order valence-corrected chi connectivity index (χ1v) is 7.81. The molecule has 0 aliphatic heterocycles. The number of esters is 2. The van der Waals surface area contributed by atoms with E-state index in [1.807, 2.05) is 5.32 Å². The third-order valence-corrected chi connectivity index (χ3v) is 3.13. The predicted octanol–water partition coefficient (Wildman–Crippen LogP) is 1.20. The lowest BCUT2D eigenvalue weighted by molar-refractivity contribution is -0.123. The lowest BCUT2D eigenvalue weighted by atomic mass is 10.1. The minimum atomic E-state index is -0.777. The van der Waals surface area contributed by atoms with E-state index < -0.39 is 30.5 Å². The second-order valence-electron chi connectivity index (χ2n) is 5.60. The summed E-state index contributed by atoms with van der Waals surface area (Å²) in [6, 6.07) is -0.809. The summed E-state index contributed by atoms with van der Waals surface area (Å²) in [4.78, 5) is 49.8. The minimum absolute atomic E-state index is 0.137. The van der Waals surface area contributed by atoms with E-state index in [2.05, 4.69) is 10.3 Å². The number of carbonyl (C=O) groups excluding carboxylic acids is 4. The molecule has 0 atom stereocenters. The molecule has 1 heterocycles. The lowest BCUT2D eigenvalue weighted by Gasteiger charge is -2.09. The number of H-pyrrole nitrogens is 1. The van der Waals surface area contributed by atoms with Crippen LogP contribution in [0.1, 0.15) is 52.9 Å². The third kappa shape index (κ3) is 5.63. The van der Waals surface area contributed by atoms with Crippen LogP contribution in [0.2, 0.25) is 0 Å². The van der Waals surface area contributed by atoms with Gasteiger partial charge < -0.3 is 19.8 Å². The zero-order chi connectivity index (χ0) is 19.1. The Morgan fingerprint density at radius 3 is 2.28 bits per heavy atom. The number of amides is 3. The summed E-state index contributed by atoms with van der Waals surface area (Å²) in [5.74, 6) is -2.12. The summed E-state index contributed by atoms with van der Waals surface area (Å²) < 4.78 is 9.81. The molecule has 0 fully saturated rings. The molecule has 0 saturated heterocycles. The average Bonchev–Trinajstić information content (AvgIpc) is 2.79. The third-order valence-electron chi connectivity index (χ3n) is 3.13. The van der Waals surface area contributed by atoms with Gasteiger partial charge in [-0.1, -0.05) is 0 Å². The summed E-state index contributed by atoms with van der Waals surface area (Å²) in [6.07, 6.45) is 0. The predicted molar refractivity (Wildman–Crippen MR) is 88.3 cm³/mol. The highest BCUT2D eigenvalue weighted by atomic mass is 16.5. The summed E-state index contributed by atoms with van der Waals surface area (Å²) in [5, 5.41) is 4.51. The molecule has 0 bridgehead atoms. The van der Waals surface area contributed by atoms with Crippen molar-refractivity contribution < 1.29 is 28.7 Å². The number of aryl methyl sites for hydroxylation is 1. The molecule has 1 rings (SSSR count). The van der Waals surface area contributed by atoms with E-state index in [4.69, 9.17) is 9.47 Å². The van der Waals surface area contributed by atoms with Gasteiger partial charge in [0.05, 0.1) is 12.2 Å². The van der Waals surface area contributed by atoms with Crippen molar-refractivity contribution in [1.82, 2.24) is 15.6 Å². The number of aromatic amines is 1. The molecule has 0 saturated carbocycles. The number of rotatable bonds is 6. The number of urea groups is 1. The Morgan fingerprint density at radius 2 is 1.72 bits per heavy atom. The number of hydrogen-bond acceptors (Lipinski definition) is 6. The molecular weight excluding hydrogens is 330 g/mol. The van der Waals surface area contributed by atoms with Gasteiger partial charge in [0, 0.05) is 11.7 Å². The van der Waals surface area contributed by atoms with Crippen molar-refractivity contribution in [3.8, 4) is 0 Å². The fraction of sp³-hybridized carbons (Fsp3) is 0.500. The zero-order valence-electron chi connectivity index (χ0n) is 14.9. The zero-order valence-corrected chi connectivity index (χ0v) is 14.9. The lowest BCUT2D eigenvalue weighted by Crippen LogP contribution is -2.44. The minimum Gasteiger partial charge on any atom is -0.461 e. The van der Waals surface area contributed by atoms with Gasteiger partial charge >= 0.3 is 18.0 Å². The molecule has 3 amide bonds. The molecule has 138 valence electrons. The van der Waals surface area contributed by atoms with Crippen LogP contribution in [0, 0.1) is 13.8 Å². The van der Waals surface area contributed by atoms with Gasteiger partial charge in [-0.25, -0.2) is 14.4 Å². The van der Waals surface area contributed by atoms with E-state index in [1.54, 1.807) is 34.6 Å². The van der Waals surface area contributed by atoms with Crippen molar-refractivity contribution in [3.05, 3.63) is 22.5 Å². The molecule has 0 aliphatic carbocycles. The summed E-state index contributed by atoms with van der Waals surface area (Å²) in [5.41, 5.74) is 1.11. The molecule has 0 radical (unpaired) electrons. The maximum atomic E-state index is 12.2. The maximum absolute atomic E-state index is 12.2. The highest BCUT2D eigenvalue weighted by molar-refractivity contribution is 6.00. The number of ether oxygens (including phenoxy) is 2. The topological polar surface area (TPSA) is 127 Å². The highest BCUT2D eigenvalue weighted by Gasteiger charge is 2.24. The highest BCUT2D eigenvalue weighted by Crippen LogP contribution is 2.19. The van der Waals surface area contributed by atoms with E-state index in [9.17, 15) is 19.2 Å². The second kappa shape index (κ2) is 8.86. The second-order valence-corrected chi connectivity index (χ2v) is 5.60. The Morgan fingerprint density at radius 1 is 1.08 bits per heavy atom. The molecule has 0 unspecified atom stereocenters. The van der Waals surface area contributed by atoms with Crippen molar-refractivity contribution in [2.45, 2.75) is 40.7 Å². The van der Waals surface area contributed by atoms with Crippen LogP contribution in [0.5, 0.6) is 0 Å². The number of carbonyl (C=O) groups is 4. The largest absolute Gasteiger partial charge is 0.461 e. The quantitative estimate of drug-likeness (QED) is 0.660. The number of imide groups is 1. The standard InChI is InChI=1S/C16H23N3O6/c1-6-24-15(22)13-9(4)12(10(5)18-13)14(21)25-7-11(20)19-16(23)17-8(2)3/h8,18H,6-7H2,1-5H3,(H2,17,19,20,23). The summed E-state index contributed by atoms with van der Waals surface area (Å²) >= 11 is 0. The van der Waals surface area contributed by atoms with Crippen LogP contribution in [-0.4, -0.2) is 48.1 Å². The number of hydrogen-bond donors (Lipinski definition) is 3. The Hall–Kier alpha value is -2.84. The van der Waals surface area contributed by atoms with Gasteiger partial charge in [-0.2, -0.15) is 0 Å². The summed E-state index contributed by atoms with van der Waals surface area (Å²) in [6.45, 7) is 7.90. The molecule has 0 spiro atoms. The Balaban J connectivity index is 2.71. The molecular formula is C16H23N3O6. The van der Waals surface area contributed by atoms with Crippen LogP contribution in [0.25, 0.3) is 0 Å². The van der Waals surface area contributed by atoms with E-state index >= 15 is 0 Å². The van der Waals surface area contributed by atoms with E-state index in [0.29, 0.717) is 11.3 Å². The van der Waals surface area contributed by atoms with Gasteiger partial charge in [0.15, 0.2) is 6.61 Å². The van der Waals surface area contributed by atoms with Crippen LogP contribution in [0.4, 0.5) is 4.79 Å². The molecule has 1 aromatic heterocycles. The monoisotopic (exact) mass is 353 g/mol. The SMILES string of the molecule is CCOC(=O)c1[nH]c(C)c(C(=O)OCC(=O)NC(=O)NC(C)C)c1C. The van der Waals surface area contributed by atoms with Crippen molar-refractivity contribution in [2.24, 2.45) is 0 Å². The van der Waals surface area contributed by atoms with E-state index in [-0.39, 0.29) is 23.9 Å². The maximum Gasteiger partial charge on any atom is 0.355 e. The molecule has 0 aliphatic rings. The molecule has 1 aromatic rings. The first-order chi connectivity index (χ1) is 11.7. The van der Waals surface area contributed by atoms with Crippen LogP contribution >= 0.6 is 0 Å². The fourth-order valence-corrected chi connectivity index (χ4v) is 2.13. The van der Waals surface area contributed by atoms with Gasteiger partial charge in [0.1, 0.15) is 5.69 Å². The molecule has 3 N–H and O–H groups in total. The van der Waals surface area contributed by atoms with Crippen molar-refractivity contribution in [1.29, 1.82) is 0 Å². The van der Waals surface area contributed by atoms with Crippen LogP contribution < -0.4 is 10.6 Å². The van der Waals surface area contributed by atoms with Gasteiger partial charge in [0.25, 0.3) is 5.91 Å². The molecule has 9 nitrogen and oxygen atoms in total. The van der Waals surface area contributed by atoms with Crippen LogP contribution in [0.3, 0.4) is 0 Å². The average molecular weight is 353 g/mol. The van der Waals surface area contributed by atoms with Crippen molar-refractivity contribution in [2.75, 3.05) is 13.2 Å². The van der Waals surface area contributed by atoms with Crippen LogP contribution in [0.15, 0.2) is 0 Å². The van der Waals surface area contributed by atoms with Crippen molar-refractivity contribution in [3.63, 3.8) is 0 Å². The Kier molecular flexibility index (Phi) is 7.16. The normalized spacial score (nSPS) is 10.3. The number of aromatic nitrogens is 1. The molecule has 0 aromatic carbocycles. The van der Waals surface area contributed by atoms with Gasteiger partial charge in [-0.15, -0.1) is 0 Å². The Bertz CT molecular complexity index is 678. The first kappa shape index (κ1) is 20.2. The molecule has 9 heteroatoms. The van der Waals surface area contributed by atoms with Gasteiger partial charge in [0.2, 0.25) is 0 Å². The van der Waals surface area contributed by atoms with E-state index in [0.717, 1.165) is 0 Å². The first-order valence-electron chi connectivity index (χ1n) is 7.81. The van der Waals surface area contributed by atoms with E-state index in [1.165, 1.54) is 0 Å². The van der Waals surface area contributed by atoms with Gasteiger partial charge in [-0.3, -0.25) is 10.1 Å². The van der Waals surface area contributed by atoms with Crippen molar-refractivity contribution >= 4 is 23.9 Å².